The van der Waals surface area contributed by atoms with Gasteiger partial charge in [0.2, 0.25) is 0 Å². The fourth-order valence-electron chi connectivity index (χ4n) is 1.74. The molecule has 4 nitrogen and oxygen atoms in total. The molecule has 0 saturated heterocycles. The van der Waals surface area contributed by atoms with Crippen molar-refractivity contribution in [3.05, 3.63) is 42.0 Å². The SMILES string of the molecule is CC(C#N)Oc1c(C(=O)O)ccc2ccccc12. The largest absolute Gasteiger partial charge is 0.478 e. The van der Waals surface area contributed by atoms with Gasteiger partial charge in [0, 0.05) is 5.39 Å². The fraction of sp³-hybridized carbons (Fsp3) is 0.143. The molecule has 2 aromatic carbocycles. The lowest BCUT2D eigenvalue weighted by molar-refractivity contribution is 0.0692. The number of ether oxygens (including phenoxy) is 1. The predicted octanol–water partition coefficient (Wildman–Crippen LogP) is 2.83. The number of fused-ring (bicyclic) bond motifs is 1. The summed E-state index contributed by atoms with van der Waals surface area (Å²) in [7, 11) is 0. The van der Waals surface area contributed by atoms with Crippen molar-refractivity contribution in [3.8, 4) is 11.8 Å². The standard InChI is InChI=1S/C14H11NO3/c1-9(8-15)18-13-11-5-3-2-4-10(11)6-7-12(13)14(16)17/h2-7,9H,1H3,(H,16,17). The van der Waals surface area contributed by atoms with Gasteiger partial charge in [-0.25, -0.2) is 4.79 Å². The highest BCUT2D eigenvalue weighted by molar-refractivity contribution is 6.00. The number of benzene rings is 2. The third-order valence-electron chi connectivity index (χ3n) is 2.59. The fourth-order valence-corrected chi connectivity index (χ4v) is 1.74. The maximum absolute atomic E-state index is 11.2. The Labute approximate surface area is 104 Å². The number of nitrogens with zero attached hydrogens (tertiary/aromatic N) is 1. The maximum atomic E-state index is 11.2. The zero-order valence-corrected chi connectivity index (χ0v) is 9.75. The van der Waals surface area contributed by atoms with E-state index in [-0.39, 0.29) is 11.3 Å². The summed E-state index contributed by atoms with van der Waals surface area (Å²) >= 11 is 0. The van der Waals surface area contributed by atoms with Gasteiger partial charge in [0.25, 0.3) is 0 Å². The number of carboxylic acid groups (broad SMARTS) is 1. The van der Waals surface area contributed by atoms with Crippen molar-refractivity contribution in [2.45, 2.75) is 13.0 Å². The van der Waals surface area contributed by atoms with Gasteiger partial charge in [-0.2, -0.15) is 5.26 Å². The Bertz CT molecular complexity index is 643. The highest BCUT2D eigenvalue weighted by Crippen LogP contribution is 2.30. The van der Waals surface area contributed by atoms with Gasteiger partial charge in [-0.1, -0.05) is 30.3 Å². The lowest BCUT2D eigenvalue weighted by Crippen LogP contribution is -2.12. The quantitative estimate of drug-likeness (QED) is 0.896. The van der Waals surface area contributed by atoms with E-state index in [1.54, 1.807) is 25.1 Å². The molecule has 1 unspecified atom stereocenters. The van der Waals surface area contributed by atoms with Crippen molar-refractivity contribution < 1.29 is 14.6 Å². The zero-order valence-electron chi connectivity index (χ0n) is 9.75. The Morgan fingerprint density at radius 2 is 2.06 bits per heavy atom. The van der Waals surface area contributed by atoms with Gasteiger partial charge >= 0.3 is 5.97 Å². The second kappa shape index (κ2) is 4.76. The minimum Gasteiger partial charge on any atom is -0.478 e. The number of hydrogen-bond acceptors (Lipinski definition) is 3. The van der Waals surface area contributed by atoms with E-state index in [9.17, 15) is 4.79 Å². The molecule has 0 amide bonds. The van der Waals surface area contributed by atoms with Crippen LogP contribution in [0.5, 0.6) is 5.75 Å². The number of rotatable bonds is 3. The van der Waals surface area contributed by atoms with Crippen LogP contribution >= 0.6 is 0 Å². The Balaban J connectivity index is 2.67. The lowest BCUT2D eigenvalue weighted by Gasteiger charge is -2.13. The van der Waals surface area contributed by atoms with E-state index in [0.717, 1.165) is 5.39 Å². The molecule has 0 saturated carbocycles. The summed E-state index contributed by atoms with van der Waals surface area (Å²) in [6.45, 7) is 1.58. The molecule has 0 fully saturated rings. The molecule has 0 bridgehead atoms. The molecule has 0 aliphatic rings. The smallest absolute Gasteiger partial charge is 0.339 e. The number of carboxylic acids is 1. The van der Waals surface area contributed by atoms with Gasteiger partial charge in [-0.15, -0.1) is 0 Å². The van der Waals surface area contributed by atoms with Crippen LogP contribution in [0.2, 0.25) is 0 Å². The van der Waals surface area contributed by atoms with E-state index < -0.39 is 12.1 Å². The van der Waals surface area contributed by atoms with E-state index in [0.29, 0.717) is 5.39 Å². The molecule has 90 valence electrons. The third kappa shape index (κ3) is 2.11. The second-order valence-electron chi connectivity index (χ2n) is 3.86. The summed E-state index contributed by atoms with van der Waals surface area (Å²) in [5.74, 6) is -0.824. The molecule has 0 radical (unpaired) electrons. The Hall–Kier alpha value is -2.54. The summed E-state index contributed by atoms with van der Waals surface area (Å²) in [6.07, 6.45) is -0.700. The van der Waals surface area contributed by atoms with Crippen LogP contribution in [-0.4, -0.2) is 17.2 Å². The number of hydrogen-bond donors (Lipinski definition) is 1. The van der Waals surface area contributed by atoms with Crippen LogP contribution in [-0.2, 0) is 0 Å². The minimum atomic E-state index is -1.07. The molecular weight excluding hydrogens is 230 g/mol. The van der Waals surface area contributed by atoms with Crippen LogP contribution in [0.15, 0.2) is 36.4 Å². The predicted molar refractivity (Wildman–Crippen MR) is 66.6 cm³/mol. The highest BCUT2D eigenvalue weighted by atomic mass is 16.5. The molecule has 2 rings (SSSR count). The average molecular weight is 241 g/mol. The van der Waals surface area contributed by atoms with Crippen LogP contribution in [0, 0.1) is 11.3 Å². The number of aromatic carboxylic acids is 1. The van der Waals surface area contributed by atoms with E-state index in [1.807, 2.05) is 18.2 Å². The van der Waals surface area contributed by atoms with Crippen molar-refractivity contribution in [3.63, 3.8) is 0 Å². The van der Waals surface area contributed by atoms with Crippen LogP contribution in [0.4, 0.5) is 0 Å². The Morgan fingerprint density at radius 1 is 1.33 bits per heavy atom. The van der Waals surface area contributed by atoms with Crippen molar-refractivity contribution in [2.24, 2.45) is 0 Å². The summed E-state index contributed by atoms with van der Waals surface area (Å²) < 4.78 is 5.43. The van der Waals surface area contributed by atoms with E-state index in [1.165, 1.54) is 6.07 Å². The van der Waals surface area contributed by atoms with Crippen LogP contribution in [0.25, 0.3) is 10.8 Å². The monoisotopic (exact) mass is 241 g/mol. The van der Waals surface area contributed by atoms with Gasteiger partial charge in [0.15, 0.2) is 6.10 Å². The van der Waals surface area contributed by atoms with Crippen LogP contribution in [0.1, 0.15) is 17.3 Å². The van der Waals surface area contributed by atoms with Crippen molar-refractivity contribution in [1.82, 2.24) is 0 Å². The first-order chi connectivity index (χ1) is 8.63. The van der Waals surface area contributed by atoms with Crippen LogP contribution < -0.4 is 4.74 Å². The molecule has 0 aromatic heterocycles. The lowest BCUT2D eigenvalue weighted by atomic mass is 10.1. The molecular formula is C14H11NO3. The summed E-state index contributed by atoms with van der Waals surface area (Å²) in [4.78, 5) is 11.2. The highest BCUT2D eigenvalue weighted by Gasteiger charge is 2.16. The van der Waals surface area contributed by atoms with Gasteiger partial charge < -0.3 is 9.84 Å². The Morgan fingerprint density at radius 3 is 2.72 bits per heavy atom. The Kier molecular flexibility index (Phi) is 3.16. The molecule has 0 spiro atoms. The second-order valence-corrected chi connectivity index (χ2v) is 3.86. The normalized spacial score (nSPS) is 11.8. The molecule has 0 heterocycles. The molecule has 0 aliphatic carbocycles. The van der Waals surface area contributed by atoms with Gasteiger partial charge in [-0.05, 0) is 18.4 Å². The third-order valence-corrected chi connectivity index (χ3v) is 2.59. The van der Waals surface area contributed by atoms with Crippen molar-refractivity contribution in [1.29, 1.82) is 5.26 Å². The van der Waals surface area contributed by atoms with E-state index >= 15 is 0 Å². The molecule has 18 heavy (non-hydrogen) atoms. The first-order valence-electron chi connectivity index (χ1n) is 5.45. The summed E-state index contributed by atoms with van der Waals surface area (Å²) in [6, 6.07) is 12.5. The van der Waals surface area contributed by atoms with E-state index in [2.05, 4.69) is 0 Å². The molecule has 0 aliphatic heterocycles. The molecule has 2 aromatic rings. The van der Waals surface area contributed by atoms with Crippen LogP contribution in [0.3, 0.4) is 0 Å². The van der Waals surface area contributed by atoms with E-state index in [4.69, 9.17) is 15.1 Å². The van der Waals surface area contributed by atoms with Crippen molar-refractivity contribution >= 4 is 16.7 Å². The number of carbonyl (C=O) groups is 1. The minimum absolute atomic E-state index is 0.0656. The number of nitriles is 1. The first kappa shape index (κ1) is 11.9. The van der Waals surface area contributed by atoms with Gasteiger partial charge in [0.1, 0.15) is 17.4 Å². The summed E-state index contributed by atoms with van der Waals surface area (Å²) in [5.41, 5.74) is 0.0656. The average Bonchev–Trinajstić information content (AvgIpc) is 2.38. The molecule has 4 heteroatoms. The molecule has 1 N–H and O–H groups in total. The van der Waals surface area contributed by atoms with Gasteiger partial charge in [0.05, 0.1) is 0 Å². The first-order valence-corrected chi connectivity index (χ1v) is 5.45. The summed E-state index contributed by atoms with van der Waals surface area (Å²) in [5, 5.41) is 19.5. The zero-order chi connectivity index (χ0) is 13.1. The molecule has 1 atom stereocenters. The maximum Gasteiger partial charge on any atom is 0.339 e. The van der Waals surface area contributed by atoms with Crippen molar-refractivity contribution in [2.75, 3.05) is 0 Å². The topological polar surface area (TPSA) is 70.3 Å². The van der Waals surface area contributed by atoms with Gasteiger partial charge in [-0.3, -0.25) is 0 Å².